The van der Waals surface area contributed by atoms with Gasteiger partial charge in [0.25, 0.3) is 5.91 Å². The highest BCUT2D eigenvalue weighted by molar-refractivity contribution is 7.99. The Morgan fingerprint density at radius 2 is 1.89 bits per heavy atom. The molecule has 1 atom stereocenters. The van der Waals surface area contributed by atoms with E-state index in [1.807, 2.05) is 37.5 Å². The van der Waals surface area contributed by atoms with E-state index in [0.717, 1.165) is 5.56 Å². The first-order valence-corrected chi connectivity index (χ1v) is 10.5. The van der Waals surface area contributed by atoms with Crippen molar-refractivity contribution in [1.82, 2.24) is 20.1 Å². The van der Waals surface area contributed by atoms with Gasteiger partial charge in [-0.1, -0.05) is 37.2 Å². The molecule has 0 spiro atoms. The smallest absolute Gasteiger partial charge is 0.317 e. The number of carbonyl (C=O) groups is 2. The Labute approximate surface area is 174 Å². The average molecular weight is 425 g/mol. The van der Waals surface area contributed by atoms with Crippen molar-refractivity contribution in [3.05, 3.63) is 29.3 Å². The zero-order valence-corrected chi connectivity index (χ0v) is 18.0. The number of nitrogens with one attached hydrogen (secondary N) is 1. The van der Waals surface area contributed by atoms with Crippen LogP contribution in [0.4, 0.5) is 0 Å². The van der Waals surface area contributed by atoms with E-state index >= 15 is 0 Å². The van der Waals surface area contributed by atoms with Crippen LogP contribution in [0, 0.1) is 5.92 Å². The Hall–Kier alpha value is -2.06. The van der Waals surface area contributed by atoms with E-state index in [4.69, 9.17) is 16.3 Å². The molecule has 1 amide bonds. The number of carbonyl (C=O) groups excluding carboxylic acids is 2. The van der Waals surface area contributed by atoms with Crippen molar-refractivity contribution in [2.75, 3.05) is 12.3 Å². The number of aromatic nitrogens is 3. The lowest BCUT2D eigenvalue weighted by atomic mass is 10.2. The number of rotatable bonds is 9. The highest BCUT2D eigenvalue weighted by atomic mass is 35.5. The van der Waals surface area contributed by atoms with Crippen LogP contribution in [-0.2, 0) is 20.9 Å². The number of esters is 1. The van der Waals surface area contributed by atoms with Crippen molar-refractivity contribution in [3.63, 3.8) is 0 Å². The Kier molecular flexibility index (Phi) is 8.32. The summed E-state index contributed by atoms with van der Waals surface area (Å²) in [6, 6.07) is 7.33. The predicted octanol–water partition coefficient (Wildman–Crippen LogP) is 3.41. The van der Waals surface area contributed by atoms with Gasteiger partial charge in [0.2, 0.25) is 0 Å². The van der Waals surface area contributed by atoms with Crippen LogP contribution in [0.3, 0.4) is 0 Å². The first kappa shape index (κ1) is 22.2. The molecule has 2 rings (SSSR count). The molecule has 0 radical (unpaired) electrons. The Morgan fingerprint density at radius 3 is 2.50 bits per heavy atom. The van der Waals surface area contributed by atoms with Crippen molar-refractivity contribution >= 4 is 35.2 Å². The fraction of sp³-hybridized carbons (Fsp3) is 0.474. The number of halogens is 1. The molecule has 0 unspecified atom stereocenters. The lowest BCUT2D eigenvalue weighted by molar-refractivity contribution is -0.152. The van der Waals surface area contributed by atoms with Crippen LogP contribution < -0.4 is 5.32 Å². The van der Waals surface area contributed by atoms with Crippen molar-refractivity contribution < 1.29 is 14.3 Å². The Bertz CT molecular complexity index is 808. The van der Waals surface area contributed by atoms with Crippen molar-refractivity contribution in [3.8, 4) is 11.4 Å². The number of ether oxygens (including phenoxy) is 1. The maximum atomic E-state index is 12.1. The number of benzene rings is 1. The summed E-state index contributed by atoms with van der Waals surface area (Å²) in [5.74, 6) is 0.305. The molecule has 9 heteroatoms. The molecule has 2 aromatic rings. The number of amides is 1. The normalized spacial score (nSPS) is 12.1. The summed E-state index contributed by atoms with van der Waals surface area (Å²) in [6.07, 6.45) is -0.833. The monoisotopic (exact) mass is 424 g/mol. The van der Waals surface area contributed by atoms with Crippen LogP contribution >= 0.6 is 23.4 Å². The quantitative estimate of drug-likeness (QED) is 0.490. The summed E-state index contributed by atoms with van der Waals surface area (Å²) in [7, 11) is 0. The van der Waals surface area contributed by atoms with Gasteiger partial charge in [-0.05, 0) is 44.0 Å². The van der Waals surface area contributed by atoms with E-state index in [1.54, 1.807) is 19.1 Å². The van der Waals surface area contributed by atoms with Crippen LogP contribution in [0.15, 0.2) is 29.4 Å². The van der Waals surface area contributed by atoms with E-state index in [-0.39, 0.29) is 11.7 Å². The van der Waals surface area contributed by atoms with Crippen LogP contribution in [0.5, 0.6) is 0 Å². The zero-order chi connectivity index (χ0) is 20.7. The van der Waals surface area contributed by atoms with Gasteiger partial charge in [0.1, 0.15) is 0 Å². The highest BCUT2D eigenvalue weighted by Crippen LogP contribution is 2.25. The second-order valence-electron chi connectivity index (χ2n) is 6.62. The molecule has 0 aliphatic rings. The third-order valence-corrected chi connectivity index (χ3v) is 5.01. The Morgan fingerprint density at radius 1 is 1.21 bits per heavy atom. The molecule has 7 nitrogen and oxygen atoms in total. The van der Waals surface area contributed by atoms with Crippen LogP contribution in [0.1, 0.15) is 27.7 Å². The molecule has 28 heavy (non-hydrogen) atoms. The number of thioether (sulfide) groups is 1. The minimum absolute atomic E-state index is 0.0422. The van der Waals surface area contributed by atoms with Gasteiger partial charge in [-0.3, -0.25) is 9.59 Å². The second-order valence-corrected chi connectivity index (χ2v) is 8.00. The summed E-state index contributed by atoms with van der Waals surface area (Å²) >= 11 is 7.16. The maximum Gasteiger partial charge on any atom is 0.317 e. The van der Waals surface area contributed by atoms with Gasteiger partial charge in [-0.25, -0.2) is 0 Å². The van der Waals surface area contributed by atoms with E-state index in [0.29, 0.717) is 35.0 Å². The third kappa shape index (κ3) is 6.24. The van der Waals surface area contributed by atoms with Gasteiger partial charge < -0.3 is 14.6 Å². The summed E-state index contributed by atoms with van der Waals surface area (Å²) in [5.41, 5.74) is 0.892. The van der Waals surface area contributed by atoms with Crippen molar-refractivity contribution in [2.45, 2.75) is 45.5 Å². The van der Waals surface area contributed by atoms with Gasteiger partial charge in [0.05, 0.1) is 5.75 Å². The van der Waals surface area contributed by atoms with Crippen LogP contribution in [0.2, 0.25) is 5.02 Å². The third-order valence-electron chi connectivity index (χ3n) is 3.82. The van der Waals surface area contributed by atoms with Gasteiger partial charge in [-0.15, -0.1) is 10.2 Å². The van der Waals surface area contributed by atoms with Gasteiger partial charge in [0, 0.05) is 23.7 Å². The lowest BCUT2D eigenvalue weighted by Crippen LogP contribution is -2.37. The maximum absolute atomic E-state index is 12.1. The molecule has 0 bridgehead atoms. The SMILES string of the molecule is CCn1c(SCC(=O)O[C@H](C)C(=O)NCC(C)C)nnc1-c1ccc(Cl)cc1. The molecular weight excluding hydrogens is 400 g/mol. The first-order valence-electron chi connectivity index (χ1n) is 9.11. The molecule has 0 saturated carbocycles. The van der Waals surface area contributed by atoms with E-state index < -0.39 is 12.1 Å². The van der Waals surface area contributed by atoms with Gasteiger partial charge in [0.15, 0.2) is 17.1 Å². The highest BCUT2D eigenvalue weighted by Gasteiger charge is 2.19. The summed E-state index contributed by atoms with van der Waals surface area (Å²) < 4.78 is 7.12. The molecule has 152 valence electrons. The van der Waals surface area contributed by atoms with Gasteiger partial charge >= 0.3 is 5.97 Å². The van der Waals surface area contributed by atoms with E-state index in [2.05, 4.69) is 15.5 Å². The molecular formula is C19H25ClN4O3S. The molecule has 1 N–H and O–H groups in total. The number of hydrogen-bond donors (Lipinski definition) is 1. The second kappa shape index (κ2) is 10.5. The van der Waals surface area contributed by atoms with E-state index in [1.165, 1.54) is 11.8 Å². The van der Waals surface area contributed by atoms with Crippen molar-refractivity contribution in [2.24, 2.45) is 5.92 Å². The van der Waals surface area contributed by atoms with Crippen LogP contribution in [-0.4, -0.2) is 45.0 Å². The van der Waals surface area contributed by atoms with E-state index in [9.17, 15) is 9.59 Å². The Balaban J connectivity index is 1.94. The molecule has 1 aromatic heterocycles. The molecule has 1 aromatic carbocycles. The summed E-state index contributed by atoms with van der Waals surface area (Å²) in [4.78, 5) is 24.0. The summed E-state index contributed by atoms with van der Waals surface area (Å²) in [5, 5.41) is 12.4. The number of nitrogens with zero attached hydrogens (tertiary/aromatic N) is 3. The fourth-order valence-corrected chi connectivity index (χ4v) is 3.26. The standard InChI is InChI=1S/C19H25ClN4O3S/c1-5-24-17(14-6-8-15(20)9-7-14)22-23-19(24)28-11-16(25)27-13(4)18(26)21-10-12(2)3/h6-9,12-13H,5,10-11H2,1-4H3,(H,21,26)/t13-/m1/s1. The topological polar surface area (TPSA) is 86.1 Å². The van der Waals surface area contributed by atoms with Gasteiger partial charge in [-0.2, -0.15) is 0 Å². The minimum atomic E-state index is -0.833. The van der Waals surface area contributed by atoms with Crippen LogP contribution in [0.25, 0.3) is 11.4 Å². The lowest BCUT2D eigenvalue weighted by Gasteiger charge is -2.14. The number of hydrogen-bond acceptors (Lipinski definition) is 6. The minimum Gasteiger partial charge on any atom is -0.452 e. The molecule has 0 fully saturated rings. The molecule has 0 aliphatic heterocycles. The molecule has 1 heterocycles. The zero-order valence-electron chi connectivity index (χ0n) is 16.4. The first-order chi connectivity index (χ1) is 13.3. The van der Waals surface area contributed by atoms with Crippen molar-refractivity contribution in [1.29, 1.82) is 0 Å². The largest absolute Gasteiger partial charge is 0.452 e. The predicted molar refractivity (Wildman–Crippen MR) is 110 cm³/mol. The average Bonchev–Trinajstić information content (AvgIpc) is 3.07. The summed E-state index contributed by atoms with van der Waals surface area (Å²) in [6.45, 7) is 8.72. The molecule has 0 saturated heterocycles. The molecule has 0 aliphatic carbocycles. The fourth-order valence-electron chi connectivity index (χ4n) is 2.35.